The average molecular weight is 87.0 g/mol. The fourth-order valence-electron chi connectivity index (χ4n) is 0. The Balaban J connectivity index is 3.02. The van der Waals surface area contributed by atoms with Crippen LogP contribution >= 0.6 is 0 Å². The van der Waals surface area contributed by atoms with Crippen molar-refractivity contribution in [2.75, 3.05) is 0 Å². The van der Waals surface area contributed by atoms with Crippen molar-refractivity contribution in [3.63, 3.8) is 0 Å². The van der Waals surface area contributed by atoms with Crippen LogP contribution in [-0.4, -0.2) is 11.5 Å². The van der Waals surface area contributed by atoms with Gasteiger partial charge in [-0.2, -0.15) is 0 Å². The van der Waals surface area contributed by atoms with Crippen LogP contribution in [0.1, 0.15) is 0 Å². The highest BCUT2D eigenvalue weighted by Gasteiger charge is 2.29. The zero-order valence-electron chi connectivity index (χ0n) is 2.13. The van der Waals surface area contributed by atoms with Crippen LogP contribution in [-0.2, 0) is 0 Å². The van der Waals surface area contributed by atoms with E-state index in [9.17, 15) is 13.2 Å². The molecule has 0 aromatic rings. The number of hydrogen-bond acceptors (Lipinski definition) is 0. The van der Waals surface area contributed by atoms with Crippen molar-refractivity contribution >= 4 is 0 Å². The molecule has 0 bridgehead atoms. The number of alkyl halides is 3. The Hall–Kier alpha value is -0.250. The van der Waals surface area contributed by atoms with Gasteiger partial charge in [0.05, 0.1) is 0 Å². The SMILES string of the molecule is [OH2+]C(F)(F)F. The Morgan fingerprint density at radius 1 is 1.20 bits per heavy atom. The minimum atomic E-state index is -4.75. The molecule has 0 saturated carbocycles. The van der Waals surface area contributed by atoms with Crippen molar-refractivity contribution in [2.24, 2.45) is 0 Å². The van der Waals surface area contributed by atoms with Gasteiger partial charge in [0.25, 0.3) is 0 Å². The lowest BCUT2D eigenvalue weighted by Crippen LogP contribution is -2.01. The Morgan fingerprint density at radius 3 is 1.20 bits per heavy atom. The Morgan fingerprint density at radius 2 is 1.20 bits per heavy atom. The third-order valence-corrected chi connectivity index (χ3v) is 0. The highest BCUT2D eigenvalue weighted by atomic mass is 19.4. The molecule has 5 heavy (non-hydrogen) atoms. The number of rotatable bonds is 0. The van der Waals surface area contributed by atoms with Gasteiger partial charge in [0.1, 0.15) is 0 Å². The van der Waals surface area contributed by atoms with E-state index in [0.29, 0.717) is 0 Å². The first kappa shape index (κ1) is 4.75. The topological polar surface area (TPSA) is 22.9 Å². The van der Waals surface area contributed by atoms with Gasteiger partial charge >= 0.3 is 6.36 Å². The summed E-state index contributed by atoms with van der Waals surface area (Å²) < 4.78 is 30.1. The van der Waals surface area contributed by atoms with Gasteiger partial charge < -0.3 is 5.11 Å². The standard InChI is InChI=1S/CHF3O/c2-1(3,4)5/h5H/p+1. The first-order valence-electron chi connectivity index (χ1n) is 0.817. The molecule has 0 aliphatic heterocycles. The molecule has 0 heterocycles. The Bertz CT molecular complexity index is 22.4. The normalized spacial score (nSPS) is 12.0. The maximum absolute atomic E-state index is 10.0. The van der Waals surface area contributed by atoms with Crippen molar-refractivity contribution in [1.82, 2.24) is 0 Å². The largest absolute Gasteiger partial charge is 0.652 e. The molecule has 0 aromatic carbocycles. The first-order valence-corrected chi connectivity index (χ1v) is 0.817. The van der Waals surface area contributed by atoms with E-state index in [4.69, 9.17) is 5.11 Å². The fraction of sp³-hybridized carbons (Fsp3) is 1.00. The van der Waals surface area contributed by atoms with E-state index in [0.717, 1.165) is 0 Å². The van der Waals surface area contributed by atoms with E-state index in [1.807, 2.05) is 0 Å². The van der Waals surface area contributed by atoms with Crippen LogP contribution in [0.3, 0.4) is 0 Å². The molecule has 1 nitrogen and oxygen atoms in total. The van der Waals surface area contributed by atoms with E-state index < -0.39 is 6.36 Å². The first-order chi connectivity index (χ1) is 2.00. The summed E-state index contributed by atoms with van der Waals surface area (Å²) in [6, 6.07) is 0. The van der Waals surface area contributed by atoms with Crippen LogP contribution in [0.2, 0.25) is 0 Å². The molecule has 0 saturated heterocycles. The van der Waals surface area contributed by atoms with Gasteiger partial charge in [-0.05, 0) is 0 Å². The maximum atomic E-state index is 10.0. The summed E-state index contributed by atoms with van der Waals surface area (Å²) >= 11 is 0. The van der Waals surface area contributed by atoms with Gasteiger partial charge in [0, 0.05) is 0 Å². The van der Waals surface area contributed by atoms with Crippen LogP contribution in [0.15, 0.2) is 0 Å². The van der Waals surface area contributed by atoms with Crippen molar-refractivity contribution in [2.45, 2.75) is 6.36 Å². The predicted molar refractivity (Wildman–Crippen MR) is 9.67 cm³/mol. The minimum Gasteiger partial charge on any atom is -0.356 e. The third kappa shape index (κ3) is 184. The van der Waals surface area contributed by atoms with Crippen molar-refractivity contribution in [1.29, 1.82) is 0 Å². The molecule has 0 fully saturated rings. The molecule has 0 atom stereocenters. The van der Waals surface area contributed by atoms with Crippen molar-refractivity contribution in [3.8, 4) is 0 Å². The fourth-order valence-corrected chi connectivity index (χ4v) is 0. The second-order valence-electron chi connectivity index (χ2n) is 0.498. The van der Waals surface area contributed by atoms with Gasteiger partial charge in [-0.25, -0.2) is 0 Å². The quantitative estimate of drug-likeness (QED) is 0.377. The molecule has 0 aliphatic rings. The van der Waals surface area contributed by atoms with Gasteiger partial charge in [0.15, 0.2) is 0 Å². The summed E-state index contributed by atoms with van der Waals surface area (Å²) in [5, 5.41) is 4.94. The van der Waals surface area contributed by atoms with Crippen LogP contribution < -0.4 is 0 Å². The Kier molecular flexibility index (Phi) is 0.815. The summed E-state index contributed by atoms with van der Waals surface area (Å²) in [4.78, 5) is 0. The smallest absolute Gasteiger partial charge is 0.356 e. The van der Waals surface area contributed by atoms with E-state index in [2.05, 4.69) is 0 Å². The van der Waals surface area contributed by atoms with Crippen molar-refractivity contribution in [3.05, 3.63) is 0 Å². The lowest BCUT2D eigenvalue weighted by atomic mass is 11.4. The molecule has 0 aromatic heterocycles. The van der Waals surface area contributed by atoms with Crippen LogP contribution in [0.5, 0.6) is 0 Å². The lowest BCUT2D eigenvalue weighted by molar-refractivity contribution is -0.295. The van der Waals surface area contributed by atoms with Crippen molar-refractivity contribution < 1.29 is 18.3 Å². The number of halogens is 3. The molecule has 2 N–H and O–H groups in total. The third-order valence-electron chi connectivity index (χ3n) is 0. The lowest BCUT2D eigenvalue weighted by Gasteiger charge is -1.80. The second-order valence-corrected chi connectivity index (χ2v) is 0.498. The van der Waals surface area contributed by atoms with Gasteiger partial charge in [-0.3, -0.25) is 0 Å². The summed E-state index contributed by atoms with van der Waals surface area (Å²) in [6.45, 7) is 0. The average Bonchev–Trinajstić information content (AvgIpc) is 0.722. The zero-order chi connectivity index (χ0) is 4.50. The summed E-state index contributed by atoms with van der Waals surface area (Å²) in [5.41, 5.74) is 0. The molecular weight excluding hydrogens is 85.0 g/mol. The second kappa shape index (κ2) is 0.858. The summed E-state index contributed by atoms with van der Waals surface area (Å²) in [5.74, 6) is 0. The molecule has 0 spiro atoms. The van der Waals surface area contributed by atoms with Gasteiger partial charge in [-0.15, -0.1) is 0 Å². The zero-order valence-corrected chi connectivity index (χ0v) is 2.13. The van der Waals surface area contributed by atoms with Gasteiger partial charge in [0.2, 0.25) is 0 Å². The maximum Gasteiger partial charge on any atom is 0.652 e. The predicted octanol–water partition coefficient (Wildman–Crippen LogP) is 0.231. The molecular formula is CH2F3O+. The summed E-state index contributed by atoms with van der Waals surface area (Å²) in [6.07, 6.45) is -4.75. The molecule has 4 heteroatoms. The molecule has 0 amide bonds. The summed E-state index contributed by atoms with van der Waals surface area (Å²) in [7, 11) is 0. The number of hydrogen-bond donors (Lipinski definition) is 0. The highest BCUT2D eigenvalue weighted by molar-refractivity contribution is 4.06. The monoisotopic (exact) mass is 87.0 g/mol. The minimum absolute atomic E-state index is 4.75. The molecule has 0 rings (SSSR count). The molecule has 0 unspecified atom stereocenters. The van der Waals surface area contributed by atoms with Gasteiger partial charge in [-0.1, -0.05) is 13.2 Å². The van der Waals surface area contributed by atoms with Crippen LogP contribution in [0.4, 0.5) is 13.2 Å². The molecule has 32 valence electrons. The van der Waals surface area contributed by atoms with E-state index in [1.165, 1.54) is 0 Å². The van der Waals surface area contributed by atoms with E-state index >= 15 is 0 Å². The Labute approximate surface area is 26.0 Å². The van der Waals surface area contributed by atoms with Crippen LogP contribution in [0.25, 0.3) is 0 Å². The van der Waals surface area contributed by atoms with Crippen LogP contribution in [0, 0.1) is 0 Å². The molecule has 0 radical (unpaired) electrons. The van der Waals surface area contributed by atoms with E-state index in [-0.39, 0.29) is 0 Å². The highest BCUT2D eigenvalue weighted by Crippen LogP contribution is 2.06. The molecule has 0 aliphatic carbocycles. The van der Waals surface area contributed by atoms with E-state index in [1.54, 1.807) is 0 Å².